The SMILES string of the molecule is CC(=O)c1ccc(C)cc1OCc1cc(F)cc(F)c1. The van der Waals surface area contributed by atoms with Crippen LogP contribution in [0.4, 0.5) is 8.78 Å². The van der Waals surface area contributed by atoms with Crippen LogP contribution in [0.3, 0.4) is 0 Å². The fourth-order valence-corrected chi connectivity index (χ4v) is 1.90. The van der Waals surface area contributed by atoms with Gasteiger partial charge in [0.25, 0.3) is 0 Å². The number of hydrogen-bond acceptors (Lipinski definition) is 2. The van der Waals surface area contributed by atoms with Crippen LogP contribution < -0.4 is 4.74 Å². The maximum absolute atomic E-state index is 13.1. The number of benzene rings is 2. The Morgan fingerprint density at radius 3 is 2.35 bits per heavy atom. The third-order valence-electron chi connectivity index (χ3n) is 2.83. The summed E-state index contributed by atoms with van der Waals surface area (Å²) in [6.45, 7) is 3.32. The first kappa shape index (κ1) is 14.2. The number of halogens is 2. The number of aryl methyl sites for hydroxylation is 1. The maximum Gasteiger partial charge on any atom is 0.163 e. The minimum Gasteiger partial charge on any atom is -0.488 e. The lowest BCUT2D eigenvalue weighted by atomic mass is 10.1. The van der Waals surface area contributed by atoms with E-state index < -0.39 is 11.6 Å². The number of ketones is 1. The van der Waals surface area contributed by atoms with E-state index in [0.29, 0.717) is 16.9 Å². The summed E-state index contributed by atoms with van der Waals surface area (Å²) in [6.07, 6.45) is 0. The van der Waals surface area contributed by atoms with Crippen molar-refractivity contribution in [1.29, 1.82) is 0 Å². The fraction of sp³-hybridized carbons (Fsp3) is 0.188. The van der Waals surface area contributed by atoms with Gasteiger partial charge in [0.15, 0.2) is 5.78 Å². The van der Waals surface area contributed by atoms with Gasteiger partial charge in [-0.2, -0.15) is 0 Å². The summed E-state index contributed by atoms with van der Waals surface area (Å²) in [7, 11) is 0. The first-order chi connectivity index (χ1) is 9.45. The number of rotatable bonds is 4. The monoisotopic (exact) mass is 276 g/mol. The van der Waals surface area contributed by atoms with Gasteiger partial charge in [-0.1, -0.05) is 6.07 Å². The summed E-state index contributed by atoms with van der Waals surface area (Å²) in [5, 5.41) is 0. The molecule has 0 atom stereocenters. The molecule has 2 aromatic rings. The van der Waals surface area contributed by atoms with Gasteiger partial charge in [-0.15, -0.1) is 0 Å². The summed E-state index contributed by atoms with van der Waals surface area (Å²) in [6, 6.07) is 8.42. The Hall–Kier alpha value is -2.23. The van der Waals surface area contributed by atoms with E-state index in [1.165, 1.54) is 19.1 Å². The summed E-state index contributed by atoms with van der Waals surface area (Å²) >= 11 is 0. The van der Waals surface area contributed by atoms with E-state index in [2.05, 4.69) is 0 Å². The Bertz CT molecular complexity index is 631. The van der Waals surface area contributed by atoms with Crippen LogP contribution >= 0.6 is 0 Å². The zero-order chi connectivity index (χ0) is 14.7. The molecule has 20 heavy (non-hydrogen) atoms. The van der Waals surface area contributed by atoms with Gasteiger partial charge in [-0.3, -0.25) is 4.79 Å². The molecule has 104 valence electrons. The van der Waals surface area contributed by atoms with Crippen LogP contribution in [-0.2, 0) is 6.61 Å². The Kier molecular flexibility index (Phi) is 4.13. The molecule has 0 aliphatic carbocycles. The Labute approximate surface area is 116 Å². The predicted molar refractivity (Wildman–Crippen MR) is 71.9 cm³/mol. The third-order valence-corrected chi connectivity index (χ3v) is 2.83. The highest BCUT2D eigenvalue weighted by Gasteiger charge is 2.09. The highest BCUT2D eigenvalue weighted by atomic mass is 19.1. The Balaban J connectivity index is 2.22. The van der Waals surface area contributed by atoms with E-state index in [0.717, 1.165) is 11.6 Å². The third kappa shape index (κ3) is 3.41. The molecule has 0 heterocycles. The van der Waals surface area contributed by atoms with E-state index in [1.54, 1.807) is 12.1 Å². The summed E-state index contributed by atoms with van der Waals surface area (Å²) in [4.78, 5) is 11.5. The van der Waals surface area contributed by atoms with Crippen LogP contribution in [0.25, 0.3) is 0 Å². The fourth-order valence-electron chi connectivity index (χ4n) is 1.90. The predicted octanol–water partition coefficient (Wildman–Crippen LogP) is 4.05. The number of carbonyl (C=O) groups is 1. The topological polar surface area (TPSA) is 26.3 Å². The van der Waals surface area contributed by atoms with Crippen molar-refractivity contribution in [2.45, 2.75) is 20.5 Å². The second-order valence-corrected chi connectivity index (χ2v) is 4.62. The molecule has 0 aliphatic heterocycles. The van der Waals surface area contributed by atoms with Gasteiger partial charge in [0, 0.05) is 6.07 Å². The molecular formula is C16H14F2O2. The van der Waals surface area contributed by atoms with E-state index in [4.69, 9.17) is 4.74 Å². The lowest BCUT2D eigenvalue weighted by Gasteiger charge is -2.11. The molecule has 0 bridgehead atoms. The van der Waals surface area contributed by atoms with E-state index in [1.807, 2.05) is 13.0 Å². The number of hydrogen-bond donors (Lipinski definition) is 0. The molecule has 2 nitrogen and oxygen atoms in total. The molecule has 0 amide bonds. The molecule has 0 aliphatic rings. The van der Waals surface area contributed by atoms with Crippen molar-refractivity contribution >= 4 is 5.78 Å². The van der Waals surface area contributed by atoms with Crippen molar-refractivity contribution in [2.75, 3.05) is 0 Å². The number of ether oxygens (including phenoxy) is 1. The van der Waals surface area contributed by atoms with Crippen LogP contribution in [0.5, 0.6) is 5.75 Å². The normalized spacial score (nSPS) is 10.4. The second-order valence-electron chi connectivity index (χ2n) is 4.62. The minimum absolute atomic E-state index is 0.00157. The first-order valence-electron chi connectivity index (χ1n) is 6.15. The van der Waals surface area contributed by atoms with Crippen molar-refractivity contribution < 1.29 is 18.3 Å². The molecule has 0 spiro atoms. The average molecular weight is 276 g/mol. The summed E-state index contributed by atoms with van der Waals surface area (Å²) in [5.41, 5.74) is 1.77. The molecule has 2 rings (SSSR count). The Morgan fingerprint density at radius 2 is 1.75 bits per heavy atom. The van der Waals surface area contributed by atoms with Crippen molar-refractivity contribution in [2.24, 2.45) is 0 Å². The van der Waals surface area contributed by atoms with Crippen LogP contribution in [0.15, 0.2) is 36.4 Å². The molecule has 0 saturated heterocycles. The van der Waals surface area contributed by atoms with Gasteiger partial charge in [-0.25, -0.2) is 8.78 Å². The van der Waals surface area contributed by atoms with E-state index >= 15 is 0 Å². The van der Waals surface area contributed by atoms with E-state index in [9.17, 15) is 13.6 Å². The van der Waals surface area contributed by atoms with Crippen LogP contribution in [0.2, 0.25) is 0 Å². The second kappa shape index (κ2) is 5.82. The number of carbonyl (C=O) groups excluding carboxylic acids is 1. The lowest BCUT2D eigenvalue weighted by molar-refractivity contribution is 0.101. The quantitative estimate of drug-likeness (QED) is 0.787. The van der Waals surface area contributed by atoms with Crippen molar-refractivity contribution in [3.8, 4) is 5.75 Å². The van der Waals surface area contributed by atoms with Gasteiger partial charge in [0.1, 0.15) is 24.0 Å². The molecule has 2 aromatic carbocycles. The maximum atomic E-state index is 13.1. The molecule has 0 fully saturated rings. The van der Waals surface area contributed by atoms with Gasteiger partial charge < -0.3 is 4.74 Å². The Morgan fingerprint density at radius 1 is 1.10 bits per heavy atom. The van der Waals surface area contributed by atoms with Gasteiger partial charge in [-0.05, 0) is 49.2 Å². The molecule has 0 aromatic heterocycles. The molecule has 0 unspecified atom stereocenters. The largest absolute Gasteiger partial charge is 0.488 e. The molecule has 0 N–H and O–H groups in total. The van der Waals surface area contributed by atoms with Gasteiger partial charge >= 0.3 is 0 Å². The average Bonchev–Trinajstić information content (AvgIpc) is 2.35. The molecular weight excluding hydrogens is 262 g/mol. The van der Waals surface area contributed by atoms with E-state index in [-0.39, 0.29) is 12.4 Å². The first-order valence-corrected chi connectivity index (χ1v) is 6.15. The van der Waals surface area contributed by atoms with Gasteiger partial charge in [0.2, 0.25) is 0 Å². The summed E-state index contributed by atoms with van der Waals surface area (Å²) in [5.74, 6) is -1.01. The standard InChI is InChI=1S/C16H14F2O2/c1-10-3-4-15(11(2)19)16(5-10)20-9-12-6-13(17)8-14(18)7-12/h3-8H,9H2,1-2H3. The van der Waals surface area contributed by atoms with Crippen LogP contribution in [-0.4, -0.2) is 5.78 Å². The highest BCUT2D eigenvalue weighted by molar-refractivity contribution is 5.96. The molecule has 4 heteroatoms. The van der Waals surface area contributed by atoms with Crippen LogP contribution in [0.1, 0.15) is 28.4 Å². The van der Waals surface area contributed by atoms with Crippen molar-refractivity contribution in [3.05, 3.63) is 64.7 Å². The number of Topliss-reactive ketones (excluding diaryl/α,β-unsaturated/α-hetero) is 1. The zero-order valence-electron chi connectivity index (χ0n) is 11.2. The minimum atomic E-state index is -0.653. The molecule has 0 saturated carbocycles. The molecule has 0 radical (unpaired) electrons. The lowest BCUT2D eigenvalue weighted by Crippen LogP contribution is -2.02. The van der Waals surface area contributed by atoms with Crippen molar-refractivity contribution in [1.82, 2.24) is 0 Å². The highest BCUT2D eigenvalue weighted by Crippen LogP contribution is 2.22. The van der Waals surface area contributed by atoms with Gasteiger partial charge in [0.05, 0.1) is 5.56 Å². The smallest absolute Gasteiger partial charge is 0.163 e. The van der Waals surface area contributed by atoms with Crippen LogP contribution in [0, 0.1) is 18.6 Å². The summed E-state index contributed by atoms with van der Waals surface area (Å²) < 4.78 is 31.7. The van der Waals surface area contributed by atoms with Crippen molar-refractivity contribution in [3.63, 3.8) is 0 Å². The zero-order valence-corrected chi connectivity index (χ0v) is 11.2.